The average Bonchev–Trinajstić information content (AvgIpc) is 2.94. The van der Waals surface area contributed by atoms with E-state index in [1.807, 2.05) is 42.7 Å². The van der Waals surface area contributed by atoms with Crippen LogP contribution in [-0.2, 0) is 6.54 Å². The van der Waals surface area contributed by atoms with Gasteiger partial charge in [-0.15, -0.1) is 0 Å². The Labute approximate surface area is 151 Å². The maximum absolute atomic E-state index is 10.9. The molecule has 0 atom stereocenters. The summed E-state index contributed by atoms with van der Waals surface area (Å²) in [5.41, 5.74) is 3.60. The first-order chi connectivity index (χ1) is 12.6. The number of benzene rings is 2. The molecule has 0 aliphatic rings. The third kappa shape index (κ3) is 3.07. The summed E-state index contributed by atoms with van der Waals surface area (Å²) < 4.78 is 7.51. The number of carbonyl (C=O) groups is 1. The Balaban J connectivity index is 2.20. The van der Waals surface area contributed by atoms with Crippen LogP contribution in [0.4, 0.5) is 10.5 Å². The van der Waals surface area contributed by atoms with Gasteiger partial charge in [-0.3, -0.25) is 5.32 Å². The molecule has 132 valence electrons. The maximum Gasteiger partial charge on any atom is 0.409 e. The Morgan fingerprint density at radius 1 is 1.23 bits per heavy atom. The molecule has 0 spiro atoms. The van der Waals surface area contributed by atoms with E-state index in [2.05, 4.69) is 11.4 Å². The maximum atomic E-state index is 10.9. The molecule has 1 amide bonds. The first-order valence-corrected chi connectivity index (χ1v) is 8.38. The molecule has 0 bridgehead atoms. The van der Waals surface area contributed by atoms with Crippen molar-refractivity contribution in [3.05, 3.63) is 48.0 Å². The molecular formula is C20H19N3O3. The lowest BCUT2D eigenvalue weighted by atomic mass is 10.1. The van der Waals surface area contributed by atoms with Crippen molar-refractivity contribution in [2.45, 2.75) is 20.4 Å². The quantitative estimate of drug-likeness (QED) is 0.699. The highest BCUT2D eigenvalue weighted by atomic mass is 16.5. The normalized spacial score (nSPS) is 10.5. The molecule has 6 nitrogen and oxygen atoms in total. The van der Waals surface area contributed by atoms with Crippen LogP contribution in [0.25, 0.3) is 22.2 Å². The SMILES string of the molecule is CCOc1ccc(-c2c(C#N)c3ccc(NC(=O)O)cc3n2CC)cc1. The zero-order valence-electron chi connectivity index (χ0n) is 14.6. The van der Waals surface area contributed by atoms with Crippen molar-refractivity contribution in [2.75, 3.05) is 11.9 Å². The molecule has 0 radical (unpaired) electrons. The van der Waals surface area contributed by atoms with Gasteiger partial charge in [-0.25, -0.2) is 4.79 Å². The lowest BCUT2D eigenvalue weighted by Gasteiger charge is -2.10. The number of rotatable bonds is 5. The predicted octanol–water partition coefficient (Wildman–Crippen LogP) is 4.69. The van der Waals surface area contributed by atoms with E-state index in [1.165, 1.54) is 0 Å². The smallest absolute Gasteiger partial charge is 0.409 e. The van der Waals surface area contributed by atoms with E-state index in [0.717, 1.165) is 27.9 Å². The van der Waals surface area contributed by atoms with Crippen molar-refractivity contribution in [1.82, 2.24) is 4.57 Å². The lowest BCUT2D eigenvalue weighted by molar-refractivity contribution is 0.210. The van der Waals surface area contributed by atoms with Gasteiger partial charge in [0.2, 0.25) is 0 Å². The summed E-state index contributed by atoms with van der Waals surface area (Å²) in [4.78, 5) is 10.9. The number of nitriles is 1. The van der Waals surface area contributed by atoms with Crippen LogP contribution in [0.15, 0.2) is 42.5 Å². The zero-order valence-corrected chi connectivity index (χ0v) is 14.6. The van der Waals surface area contributed by atoms with Crippen LogP contribution in [0.3, 0.4) is 0 Å². The van der Waals surface area contributed by atoms with Gasteiger partial charge >= 0.3 is 6.09 Å². The van der Waals surface area contributed by atoms with Gasteiger partial charge in [-0.05, 0) is 61.9 Å². The molecule has 2 N–H and O–H groups in total. The Bertz CT molecular complexity index is 998. The van der Waals surface area contributed by atoms with E-state index in [0.29, 0.717) is 24.4 Å². The number of carboxylic acid groups (broad SMARTS) is 1. The van der Waals surface area contributed by atoms with Crippen LogP contribution in [-0.4, -0.2) is 22.4 Å². The molecule has 0 fully saturated rings. The topological polar surface area (TPSA) is 87.3 Å². The van der Waals surface area contributed by atoms with Gasteiger partial charge in [-0.2, -0.15) is 5.26 Å². The first kappa shape index (κ1) is 17.4. The third-order valence-electron chi connectivity index (χ3n) is 4.18. The van der Waals surface area contributed by atoms with E-state index < -0.39 is 6.09 Å². The van der Waals surface area contributed by atoms with Gasteiger partial charge in [0.25, 0.3) is 0 Å². The largest absolute Gasteiger partial charge is 0.494 e. The fraction of sp³-hybridized carbons (Fsp3) is 0.200. The number of aromatic nitrogens is 1. The fourth-order valence-electron chi connectivity index (χ4n) is 3.17. The van der Waals surface area contributed by atoms with Crippen molar-refractivity contribution >= 4 is 22.7 Å². The Morgan fingerprint density at radius 2 is 1.96 bits per heavy atom. The molecule has 1 aromatic heterocycles. The predicted molar refractivity (Wildman–Crippen MR) is 101 cm³/mol. The van der Waals surface area contributed by atoms with E-state index in [9.17, 15) is 10.1 Å². The number of nitrogens with one attached hydrogen (secondary N) is 1. The molecule has 0 saturated carbocycles. The van der Waals surface area contributed by atoms with Crippen molar-refractivity contribution in [2.24, 2.45) is 0 Å². The highest BCUT2D eigenvalue weighted by Gasteiger charge is 2.18. The minimum Gasteiger partial charge on any atom is -0.494 e. The average molecular weight is 349 g/mol. The standard InChI is InChI=1S/C20H19N3O3/c1-3-23-18-11-14(22-20(24)25)7-10-16(18)17(12-21)19(23)13-5-8-15(9-6-13)26-4-2/h5-11,22H,3-4H2,1-2H3,(H,24,25). The first-order valence-electron chi connectivity index (χ1n) is 8.38. The van der Waals surface area contributed by atoms with Crippen molar-refractivity contribution in [3.63, 3.8) is 0 Å². The summed E-state index contributed by atoms with van der Waals surface area (Å²) in [6, 6.07) is 15.1. The number of hydrogen-bond donors (Lipinski definition) is 2. The van der Waals surface area contributed by atoms with Gasteiger partial charge in [0.05, 0.1) is 23.4 Å². The van der Waals surface area contributed by atoms with Crippen molar-refractivity contribution < 1.29 is 14.6 Å². The number of ether oxygens (including phenoxy) is 1. The minimum absolute atomic E-state index is 0.472. The summed E-state index contributed by atoms with van der Waals surface area (Å²) in [7, 11) is 0. The lowest BCUT2D eigenvalue weighted by Crippen LogP contribution is -2.07. The summed E-state index contributed by atoms with van der Waals surface area (Å²) in [6.07, 6.45) is -1.12. The highest BCUT2D eigenvalue weighted by molar-refractivity contribution is 5.97. The molecule has 0 unspecified atom stereocenters. The molecule has 3 aromatic rings. The van der Waals surface area contributed by atoms with Crippen LogP contribution in [0.1, 0.15) is 19.4 Å². The molecule has 26 heavy (non-hydrogen) atoms. The Kier molecular flexibility index (Phi) is 4.81. The fourth-order valence-corrected chi connectivity index (χ4v) is 3.17. The van der Waals surface area contributed by atoms with Gasteiger partial charge in [-0.1, -0.05) is 0 Å². The van der Waals surface area contributed by atoms with Gasteiger partial charge < -0.3 is 14.4 Å². The molecule has 2 aromatic carbocycles. The van der Waals surface area contributed by atoms with E-state index in [1.54, 1.807) is 18.2 Å². The zero-order chi connectivity index (χ0) is 18.7. The summed E-state index contributed by atoms with van der Waals surface area (Å²) in [6.45, 7) is 5.17. The van der Waals surface area contributed by atoms with Gasteiger partial charge in [0.15, 0.2) is 0 Å². The number of nitrogens with zero attached hydrogens (tertiary/aromatic N) is 2. The molecular weight excluding hydrogens is 330 g/mol. The second-order valence-electron chi connectivity index (χ2n) is 5.70. The van der Waals surface area contributed by atoms with Gasteiger partial charge in [0.1, 0.15) is 11.8 Å². The number of hydrogen-bond acceptors (Lipinski definition) is 3. The summed E-state index contributed by atoms with van der Waals surface area (Å²) in [5.74, 6) is 0.780. The van der Waals surface area contributed by atoms with E-state index in [-0.39, 0.29) is 0 Å². The van der Waals surface area contributed by atoms with Crippen molar-refractivity contribution in [3.8, 4) is 23.1 Å². The second kappa shape index (κ2) is 7.19. The number of aryl methyl sites for hydroxylation is 1. The van der Waals surface area contributed by atoms with E-state index in [4.69, 9.17) is 9.84 Å². The van der Waals surface area contributed by atoms with Crippen LogP contribution in [0.2, 0.25) is 0 Å². The molecule has 0 aliphatic heterocycles. The van der Waals surface area contributed by atoms with Gasteiger partial charge in [0, 0.05) is 17.6 Å². The summed E-state index contributed by atoms with van der Waals surface area (Å²) >= 11 is 0. The van der Waals surface area contributed by atoms with Crippen LogP contribution < -0.4 is 10.1 Å². The molecule has 1 heterocycles. The monoisotopic (exact) mass is 349 g/mol. The van der Waals surface area contributed by atoms with E-state index >= 15 is 0 Å². The highest BCUT2D eigenvalue weighted by Crippen LogP contribution is 2.35. The number of anilines is 1. The van der Waals surface area contributed by atoms with Crippen LogP contribution in [0.5, 0.6) is 5.75 Å². The molecule has 0 saturated heterocycles. The van der Waals surface area contributed by atoms with Crippen LogP contribution >= 0.6 is 0 Å². The molecule has 6 heteroatoms. The number of amides is 1. The minimum atomic E-state index is -1.12. The number of fused-ring (bicyclic) bond motifs is 1. The third-order valence-corrected chi connectivity index (χ3v) is 4.18. The van der Waals surface area contributed by atoms with Crippen molar-refractivity contribution in [1.29, 1.82) is 5.26 Å². The van der Waals surface area contributed by atoms with Crippen LogP contribution in [0, 0.1) is 11.3 Å². The Morgan fingerprint density at radius 3 is 2.54 bits per heavy atom. The summed E-state index contributed by atoms with van der Waals surface area (Å²) in [5, 5.41) is 21.8. The molecule has 0 aliphatic carbocycles. The Hall–Kier alpha value is -3.46. The molecule has 3 rings (SSSR count). The second-order valence-corrected chi connectivity index (χ2v) is 5.70.